The molecule has 3 unspecified atom stereocenters. The van der Waals surface area contributed by atoms with Crippen molar-refractivity contribution in [2.75, 3.05) is 51.3 Å². The van der Waals surface area contributed by atoms with Gasteiger partial charge in [-0.25, -0.2) is 0 Å². The summed E-state index contributed by atoms with van der Waals surface area (Å²) in [7, 11) is 1.84. The Labute approximate surface area is 156 Å². The van der Waals surface area contributed by atoms with Gasteiger partial charge in [0.15, 0.2) is 5.96 Å². The Bertz CT molecular complexity index is 607. The maximum Gasteiger partial charge on any atom is 0.191 e. The third-order valence-corrected chi connectivity index (χ3v) is 5.83. The molecule has 1 aromatic carbocycles. The van der Waals surface area contributed by atoms with Crippen LogP contribution in [0.5, 0.6) is 0 Å². The first-order valence-corrected chi connectivity index (χ1v) is 9.94. The summed E-state index contributed by atoms with van der Waals surface area (Å²) in [5.41, 5.74) is 1.30. The van der Waals surface area contributed by atoms with Crippen molar-refractivity contribution in [1.82, 2.24) is 15.5 Å². The lowest BCUT2D eigenvalue weighted by Crippen LogP contribution is -2.52. The van der Waals surface area contributed by atoms with E-state index >= 15 is 0 Å². The van der Waals surface area contributed by atoms with Crippen LogP contribution in [0, 0.1) is 0 Å². The van der Waals surface area contributed by atoms with E-state index < -0.39 is 0 Å². The number of ether oxygens (including phenoxy) is 1. The number of morpholine rings is 1. The van der Waals surface area contributed by atoms with Crippen molar-refractivity contribution in [3.63, 3.8) is 0 Å². The highest BCUT2D eigenvalue weighted by atomic mass is 16.5. The molecule has 6 heteroatoms. The number of anilines is 1. The molecule has 0 aromatic heterocycles. The normalized spacial score (nSPS) is 29.7. The van der Waals surface area contributed by atoms with E-state index in [9.17, 15) is 0 Å². The maximum absolute atomic E-state index is 6.04. The van der Waals surface area contributed by atoms with Crippen LogP contribution in [0.4, 0.5) is 5.69 Å². The summed E-state index contributed by atoms with van der Waals surface area (Å²) in [4.78, 5) is 9.42. The van der Waals surface area contributed by atoms with Crippen molar-refractivity contribution in [3.05, 3.63) is 30.3 Å². The molecule has 3 aliphatic rings. The van der Waals surface area contributed by atoms with E-state index in [1.54, 1.807) is 0 Å². The highest BCUT2D eigenvalue weighted by molar-refractivity contribution is 5.80. The van der Waals surface area contributed by atoms with Crippen LogP contribution < -0.4 is 15.5 Å². The zero-order valence-electron chi connectivity index (χ0n) is 15.7. The Morgan fingerprint density at radius 3 is 2.92 bits per heavy atom. The number of fused-ring (bicyclic) bond motifs is 1. The molecular weight excluding hydrogens is 326 g/mol. The average molecular weight is 358 g/mol. The molecule has 0 radical (unpaired) electrons. The predicted octanol–water partition coefficient (Wildman–Crippen LogP) is 1.29. The predicted molar refractivity (Wildman–Crippen MR) is 106 cm³/mol. The van der Waals surface area contributed by atoms with Gasteiger partial charge in [-0.3, -0.25) is 9.89 Å². The van der Waals surface area contributed by atoms with Crippen molar-refractivity contribution in [3.8, 4) is 0 Å². The summed E-state index contributed by atoms with van der Waals surface area (Å²) < 4.78 is 6.04. The van der Waals surface area contributed by atoms with Crippen LogP contribution in [0.15, 0.2) is 35.3 Å². The lowest BCUT2D eigenvalue weighted by Gasteiger charge is -2.35. The van der Waals surface area contributed by atoms with Crippen molar-refractivity contribution in [1.29, 1.82) is 0 Å². The molecule has 3 heterocycles. The SMILES string of the molecule is CN=C(NCC1CN2CCCC2CO1)NC1CCN(c2ccccc2)C1. The first-order valence-electron chi connectivity index (χ1n) is 9.94. The second kappa shape index (κ2) is 8.27. The van der Waals surface area contributed by atoms with E-state index in [4.69, 9.17) is 4.74 Å². The van der Waals surface area contributed by atoms with E-state index in [1.807, 2.05) is 7.05 Å². The zero-order valence-corrected chi connectivity index (χ0v) is 15.7. The standard InChI is InChI=1S/C20H31N5O/c1-21-20(22-12-19-14-24-10-5-8-18(24)15-26-19)23-16-9-11-25(13-16)17-6-3-2-4-7-17/h2-4,6-7,16,18-19H,5,8-15H2,1H3,(H2,21,22,23). The largest absolute Gasteiger partial charge is 0.373 e. The quantitative estimate of drug-likeness (QED) is 0.628. The van der Waals surface area contributed by atoms with Crippen LogP contribution in [0.2, 0.25) is 0 Å². The molecule has 4 rings (SSSR count). The highest BCUT2D eigenvalue weighted by Gasteiger charge is 2.32. The maximum atomic E-state index is 6.04. The number of nitrogens with one attached hydrogen (secondary N) is 2. The topological polar surface area (TPSA) is 52.1 Å². The van der Waals surface area contributed by atoms with Gasteiger partial charge in [-0.1, -0.05) is 18.2 Å². The Kier molecular flexibility index (Phi) is 5.60. The van der Waals surface area contributed by atoms with Crippen molar-refractivity contribution in [2.45, 2.75) is 37.5 Å². The monoisotopic (exact) mass is 357 g/mol. The molecule has 6 nitrogen and oxygen atoms in total. The van der Waals surface area contributed by atoms with Crippen molar-refractivity contribution >= 4 is 11.6 Å². The van der Waals surface area contributed by atoms with Gasteiger partial charge in [0.25, 0.3) is 0 Å². The minimum Gasteiger partial charge on any atom is -0.373 e. The molecule has 1 aromatic rings. The lowest BCUT2D eigenvalue weighted by atomic mass is 10.2. The minimum absolute atomic E-state index is 0.257. The number of para-hydroxylation sites is 1. The Balaban J connectivity index is 1.22. The Morgan fingerprint density at radius 2 is 2.08 bits per heavy atom. The fourth-order valence-electron chi connectivity index (χ4n) is 4.36. The van der Waals surface area contributed by atoms with Crippen molar-refractivity contribution in [2.24, 2.45) is 4.99 Å². The van der Waals surface area contributed by atoms with Gasteiger partial charge in [0.05, 0.1) is 12.7 Å². The number of benzene rings is 1. The molecular formula is C20H31N5O. The molecule has 3 saturated heterocycles. The molecule has 0 aliphatic carbocycles. The average Bonchev–Trinajstić information content (AvgIpc) is 3.34. The number of hydrogen-bond acceptors (Lipinski definition) is 4. The lowest BCUT2D eigenvalue weighted by molar-refractivity contribution is -0.0453. The van der Waals surface area contributed by atoms with Gasteiger partial charge < -0.3 is 20.3 Å². The number of nitrogens with zero attached hydrogens (tertiary/aromatic N) is 3. The summed E-state index contributed by atoms with van der Waals surface area (Å²) in [5, 5.41) is 7.05. The molecule has 3 aliphatic heterocycles. The zero-order chi connectivity index (χ0) is 17.8. The van der Waals surface area contributed by atoms with Gasteiger partial charge in [-0.05, 0) is 37.9 Å². The second-order valence-corrected chi connectivity index (χ2v) is 7.61. The molecule has 26 heavy (non-hydrogen) atoms. The van der Waals surface area contributed by atoms with Crippen LogP contribution in [0.25, 0.3) is 0 Å². The van der Waals surface area contributed by atoms with Gasteiger partial charge in [0.2, 0.25) is 0 Å². The van der Waals surface area contributed by atoms with Gasteiger partial charge in [-0.15, -0.1) is 0 Å². The smallest absolute Gasteiger partial charge is 0.191 e. The number of aliphatic imine (C=N–C) groups is 1. The van der Waals surface area contributed by atoms with Crippen LogP contribution >= 0.6 is 0 Å². The van der Waals surface area contributed by atoms with Gasteiger partial charge in [0, 0.05) is 51.0 Å². The number of hydrogen-bond donors (Lipinski definition) is 2. The van der Waals surface area contributed by atoms with Gasteiger partial charge in [-0.2, -0.15) is 0 Å². The first-order chi connectivity index (χ1) is 12.8. The Morgan fingerprint density at radius 1 is 1.19 bits per heavy atom. The fourth-order valence-corrected chi connectivity index (χ4v) is 4.36. The summed E-state index contributed by atoms with van der Waals surface area (Å²) in [6.07, 6.45) is 4.00. The van der Waals surface area contributed by atoms with E-state index in [1.165, 1.54) is 25.1 Å². The van der Waals surface area contributed by atoms with Crippen LogP contribution in [-0.2, 0) is 4.74 Å². The van der Waals surface area contributed by atoms with E-state index in [2.05, 4.69) is 55.8 Å². The molecule has 3 atom stereocenters. The van der Waals surface area contributed by atoms with Gasteiger partial charge >= 0.3 is 0 Å². The summed E-state index contributed by atoms with van der Waals surface area (Å²) in [6.45, 7) is 6.07. The van der Waals surface area contributed by atoms with Gasteiger partial charge in [0.1, 0.15) is 0 Å². The first kappa shape index (κ1) is 17.6. The Hall–Kier alpha value is -1.79. The molecule has 0 amide bonds. The highest BCUT2D eigenvalue weighted by Crippen LogP contribution is 2.22. The molecule has 0 spiro atoms. The van der Waals surface area contributed by atoms with E-state index in [0.29, 0.717) is 12.1 Å². The van der Waals surface area contributed by atoms with E-state index in [-0.39, 0.29) is 6.10 Å². The molecule has 2 N–H and O–H groups in total. The van der Waals surface area contributed by atoms with Crippen LogP contribution in [0.1, 0.15) is 19.3 Å². The summed E-state index contributed by atoms with van der Waals surface area (Å²) in [5.74, 6) is 0.886. The summed E-state index contributed by atoms with van der Waals surface area (Å²) >= 11 is 0. The minimum atomic E-state index is 0.257. The van der Waals surface area contributed by atoms with Crippen molar-refractivity contribution < 1.29 is 4.74 Å². The summed E-state index contributed by atoms with van der Waals surface area (Å²) in [6, 6.07) is 11.7. The van der Waals surface area contributed by atoms with E-state index in [0.717, 1.165) is 45.2 Å². The second-order valence-electron chi connectivity index (χ2n) is 7.61. The van der Waals surface area contributed by atoms with Crippen LogP contribution in [-0.4, -0.2) is 75.4 Å². The third-order valence-electron chi connectivity index (χ3n) is 5.83. The fraction of sp³-hybridized carbons (Fsp3) is 0.650. The van der Waals surface area contributed by atoms with Crippen LogP contribution in [0.3, 0.4) is 0 Å². The molecule has 0 saturated carbocycles. The molecule has 3 fully saturated rings. The molecule has 142 valence electrons. The molecule has 0 bridgehead atoms. The number of rotatable bonds is 4. The number of guanidine groups is 1. The third kappa shape index (κ3) is 4.13.